The van der Waals surface area contributed by atoms with Crippen LogP contribution in [0.2, 0.25) is 0 Å². The number of anilines is 1. The molecule has 0 saturated heterocycles. The molecule has 0 aliphatic carbocycles. The minimum atomic E-state index is -0.363. The predicted molar refractivity (Wildman–Crippen MR) is 69.3 cm³/mol. The third-order valence-electron chi connectivity index (χ3n) is 2.37. The summed E-state index contributed by atoms with van der Waals surface area (Å²) in [4.78, 5) is 5.09. The monoisotopic (exact) mass is 333 g/mol. The zero-order valence-electron chi connectivity index (χ0n) is 10.1. The van der Waals surface area contributed by atoms with E-state index in [2.05, 4.69) is 21.2 Å². The SMILES string of the molecule is COCCNC1=CN(c2ccc(F)cc2Br)ON1O. The average molecular weight is 334 g/mol. The Balaban J connectivity index is 2.09. The van der Waals surface area contributed by atoms with Gasteiger partial charge in [-0.2, -0.15) is 5.06 Å². The molecule has 0 radical (unpaired) electrons. The molecule has 1 aliphatic rings. The molecule has 1 aliphatic heterocycles. The van der Waals surface area contributed by atoms with E-state index in [1.165, 1.54) is 29.5 Å². The van der Waals surface area contributed by atoms with E-state index in [1.807, 2.05) is 0 Å². The lowest BCUT2D eigenvalue weighted by molar-refractivity contribution is -0.306. The van der Waals surface area contributed by atoms with Gasteiger partial charge in [-0.05, 0) is 34.1 Å². The summed E-state index contributed by atoms with van der Waals surface area (Å²) in [6.07, 6.45) is 1.54. The molecule has 0 saturated carbocycles. The second-order valence-electron chi connectivity index (χ2n) is 3.71. The van der Waals surface area contributed by atoms with E-state index in [0.717, 1.165) is 0 Å². The standard InChI is InChI=1S/C11H13BrFN3O3/c1-18-5-4-14-11-7-15(19-16(11)17)10-3-2-8(13)6-9(10)12/h2-3,6-7,14,17H,4-5H2,1H3. The van der Waals surface area contributed by atoms with Crippen LogP contribution in [0.25, 0.3) is 0 Å². The Kier molecular flexibility index (Phi) is 4.59. The summed E-state index contributed by atoms with van der Waals surface area (Å²) in [5, 5.41) is 14.4. The summed E-state index contributed by atoms with van der Waals surface area (Å²) in [5.41, 5.74) is 0.559. The van der Waals surface area contributed by atoms with Gasteiger partial charge in [-0.15, -0.1) is 4.94 Å². The van der Waals surface area contributed by atoms with Gasteiger partial charge in [0.1, 0.15) is 5.82 Å². The summed E-state index contributed by atoms with van der Waals surface area (Å²) < 4.78 is 18.4. The van der Waals surface area contributed by atoms with Crippen LogP contribution in [0.4, 0.5) is 10.1 Å². The van der Waals surface area contributed by atoms with Crippen molar-refractivity contribution in [3.8, 4) is 0 Å². The largest absolute Gasteiger partial charge is 0.383 e. The van der Waals surface area contributed by atoms with Crippen LogP contribution in [0.1, 0.15) is 0 Å². The molecule has 1 aromatic carbocycles. The Bertz CT molecular complexity index is 486. The van der Waals surface area contributed by atoms with Crippen LogP contribution >= 0.6 is 15.9 Å². The summed E-state index contributed by atoms with van der Waals surface area (Å²) in [5.74, 6) is -0.00799. The second kappa shape index (κ2) is 6.20. The van der Waals surface area contributed by atoms with Gasteiger partial charge in [0.2, 0.25) is 0 Å². The van der Waals surface area contributed by atoms with E-state index in [9.17, 15) is 9.60 Å². The number of hydrogen-bond acceptors (Lipinski definition) is 6. The number of ether oxygens (including phenoxy) is 1. The van der Waals surface area contributed by atoms with Crippen LogP contribution < -0.4 is 10.4 Å². The molecule has 8 heteroatoms. The number of hydrogen-bond donors (Lipinski definition) is 2. The van der Waals surface area contributed by atoms with Gasteiger partial charge in [-0.3, -0.25) is 5.21 Å². The normalized spacial score (nSPS) is 14.8. The van der Waals surface area contributed by atoms with Crippen molar-refractivity contribution < 1.29 is 19.3 Å². The van der Waals surface area contributed by atoms with Crippen molar-refractivity contribution >= 4 is 21.6 Å². The van der Waals surface area contributed by atoms with Crippen molar-refractivity contribution in [2.75, 3.05) is 25.3 Å². The van der Waals surface area contributed by atoms with Gasteiger partial charge in [0.15, 0.2) is 5.82 Å². The fourth-order valence-corrected chi connectivity index (χ4v) is 2.00. The molecule has 0 bridgehead atoms. The van der Waals surface area contributed by atoms with Crippen LogP contribution in [-0.2, 0) is 9.68 Å². The van der Waals surface area contributed by atoms with E-state index in [0.29, 0.717) is 34.4 Å². The summed E-state index contributed by atoms with van der Waals surface area (Å²) >= 11 is 3.23. The lowest BCUT2D eigenvalue weighted by Crippen LogP contribution is -2.28. The first kappa shape index (κ1) is 14.1. The molecule has 1 aromatic rings. The predicted octanol–water partition coefficient (Wildman–Crippen LogP) is 1.98. The summed E-state index contributed by atoms with van der Waals surface area (Å²) in [6, 6.07) is 4.14. The number of nitrogens with one attached hydrogen (secondary N) is 1. The molecule has 19 heavy (non-hydrogen) atoms. The zero-order valence-corrected chi connectivity index (χ0v) is 11.7. The lowest BCUT2D eigenvalue weighted by Gasteiger charge is -2.17. The van der Waals surface area contributed by atoms with Gasteiger partial charge in [-0.1, -0.05) is 5.23 Å². The van der Waals surface area contributed by atoms with Crippen molar-refractivity contribution in [3.05, 3.63) is 40.5 Å². The molecule has 104 valence electrons. The molecule has 0 atom stereocenters. The maximum absolute atomic E-state index is 13.0. The number of nitrogens with zero attached hydrogens (tertiary/aromatic N) is 2. The van der Waals surface area contributed by atoms with Gasteiger partial charge in [0.25, 0.3) is 0 Å². The molecule has 6 nitrogen and oxygen atoms in total. The smallest absolute Gasteiger partial charge is 0.179 e. The fraction of sp³-hybridized carbons (Fsp3) is 0.273. The highest BCUT2D eigenvalue weighted by Crippen LogP contribution is 2.30. The number of halogens is 2. The summed E-state index contributed by atoms with van der Waals surface area (Å²) in [7, 11) is 1.58. The molecule has 0 aromatic heterocycles. The second-order valence-corrected chi connectivity index (χ2v) is 4.56. The molecular formula is C11H13BrFN3O3. The highest BCUT2D eigenvalue weighted by molar-refractivity contribution is 9.10. The van der Waals surface area contributed by atoms with Crippen molar-refractivity contribution in [2.24, 2.45) is 0 Å². The average Bonchev–Trinajstić information content (AvgIpc) is 2.71. The highest BCUT2D eigenvalue weighted by Gasteiger charge is 2.23. The van der Waals surface area contributed by atoms with Crippen LogP contribution in [0.5, 0.6) is 0 Å². The Morgan fingerprint density at radius 3 is 3.00 bits per heavy atom. The van der Waals surface area contributed by atoms with Crippen LogP contribution in [-0.4, -0.2) is 30.7 Å². The van der Waals surface area contributed by atoms with E-state index < -0.39 is 0 Å². The third-order valence-corrected chi connectivity index (χ3v) is 3.01. The van der Waals surface area contributed by atoms with Crippen LogP contribution in [0.15, 0.2) is 34.7 Å². The summed E-state index contributed by atoms with van der Waals surface area (Å²) in [6.45, 7) is 1.01. The van der Waals surface area contributed by atoms with Crippen molar-refractivity contribution in [3.63, 3.8) is 0 Å². The van der Waals surface area contributed by atoms with E-state index in [4.69, 9.17) is 9.68 Å². The topological polar surface area (TPSA) is 57.2 Å². The molecule has 0 fully saturated rings. The van der Waals surface area contributed by atoms with Gasteiger partial charge in [0.05, 0.1) is 18.5 Å². The van der Waals surface area contributed by atoms with Crippen LogP contribution in [0.3, 0.4) is 0 Å². The van der Waals surface area contributed by atoms with Crippen molar-refractivity contribution in [2.45, 2.75) is 0 Å². The molecular weight excluding hydrogens is 321 g/mol. The minimum Gasteiger partial charge on any atom is -0.383 e. The third kappa shape index (κ3) is 3.35. The highest BCUT2D eigenvalue weighted by atomic mass is 79.9. The lowest BCUT2D eigenvalue weighted by atomic mass is 10.3. The maximum Gasteiger partial charge on any atom is 0.179 e. The number of rotatable bonds is 5. The number of methoxy groups -OCH3 is 1. The Morgan fingerprint density at radius 1 is 1.53 bits per heavy atom. The zero-order chi connectivity index (χ0) is 13.8. The minimum absolute atomic E-state index is 0.355. The van der Waals surface area contributed by atoms with Gasteiger partial charge in [0, 0.05) is 18.1 Å². The molecule has 0 amide bonds. The number of benzene rings is 1. The molecule has 0 unspecified atom stereocenters. The van der Waals surface area contributed by atoms with E-state index in [1.54, 1.807) is 7.11 Å². The van der Waals surface area contributed by atoms with Gasteiger partial charge in [-0.25, -0.2) is 4.39 Å². The molecule has 1 heterocycles. The van der Waals surface area contributed by atoms with Crippen molar-refractivity contribution in [1.29, 1.82) is 0 Å². The maximum atomic E-state index is 13.0. The first-order valence-corrected chi connectivity index (χ1v) is 6.27. The first-order chi connectivity index (χ1) is 9.11. The Labute approximate surface area is 118 Å². The van der Waals surface area contributed by atoms with E-state index >= 15 is 0 Å². The van der Waals surface area contributed by atoms with E-state index in [-0.39, 0.29) is 5.82 Å². The first-order valence-electron chi connectivity index (χ1n) is 5.48. The number of hydroxylamine groups is 3. The molecule has 2 N–H and O–H groups in total. The quantitative estimate of drug-likeness (QED) is 0.803. The van der Waals surface area contributed by atoms with Gasteiger partial charge < -0.3 is 10.1 Å². The molecule has 0 spiro atoms. The van der Waals surface area contributed by atoms with Crippen LogP contribution in [0, 0.1) is 5.82 Å². The van der Waals surface area contributed by atoms with Crippen molar-refractivity contribution in [1.82, 2.24) is 10.5 Å². The Morgan fingerprint density at radius 2 is 2.32 bits per heavy atom. The Hall–Kier alpha value is -1.35. The fourth-order valence-electron chi connectivity index (χ4n) is 1.48. The molecule has 2 rings (SSSR count). The van der Waals surface area contributed by atoms with Gasteiger partial charge >= 0.3 is 0 Å².